The number of amides is 2. The van der Waals surface area contributed by atoms with E-state index in [0.29, 0.717) is 10.7 Å². The molecule has 1 aromatic carbocycles. The Hall–Kier alpha value is -1.75. The monoisotopic (exact) mass is 256 g/mol. The van der Waals surface area contributed by atoms with Crippen molar-refractivity contribution in [2.24, 2.45) is 0 Å². The van der Waals surface area contributed by atoms with E-state index in [1.165, 1.54) is 11.9 Å². The average molecular weight is 257 g/mol. The number of hydrogen-bond donors (Lipinski definition) is 2. The Morgan fingerprint density at radius 2 is 1.94 bits per heavy atom. The molecule has 17 heavy (non-hydrogen) atoms. The van der Waals surface area contributed by atoms with Crippen LogP contribution in [0.15, 0.2) is 24.3 Å². The second-order valence-corrected chi connectivity index (χ2v) is 3.76. The molecular weight excluding hydrogens is 244 g/mol. The zero-order valence-electron chi connectivity index (χ0n) is 9.31. The number of benzene rings is 1. The Balaban J connectivity index is 2.85. The molecule has 0 radical (unpaired) electrons. The molecule has 0 aliphatic heterocycles. The lowest BCUT2D eigenvalue weighted by atomic mass is 10.2. The van der Waals surface area contributed by atoms with E-state index in [1.54, 1.807) is 24.3 Å². The van der Waals surface area contributed by atoms with Crippen molar-refractivity contribution in [1.82, 2.24) is 5.32 Å². The van der Waals surface area contributed by atoms with Crippen molar-refractivity contribution in [3.05, 3.63) is 29.3 Å². The fourth-order valence-electron chi connectivity index (χ4n) is 1.31. The van der Waals surface area contributed by atoms with Gasteiger partial charge in [-0.2, -0.15) is 0 Å². The van der Waals surface area contributed by atoms with Crippen LogP contribution >= 0.6 is 11.6 Å². The maximum absolute atomic E-state index is 11.6. The van der Waals surface area contributed by atoms with Crippen LogP contribution in [0.4, 0.5) is 10.5 Å². The van der Waals surface area contributed by atoms with Crippen molar-refractivity contribution in [1.29, 1.82) is 0 Å². The highest BCUT2D eigenvalue weighted by Gasteiger charge is 2.15. The lowest BCUT2D eigenvalue weighted by Gasteiger charge is -2.21. The minimum atomic E-state index is -0.951. The maximum atomic E-state index is 11.6. The number of anilines is 1. The van der Waals surface area contributed by atoms with Gasteiger partial charge in [0, 0.05) is 24.3 Å². The summed E-state index contributed by atoms with van der Waals surface area (Å²) in [4.78, 5) is 23.5. The zero-order chi connectivity index (χ0) is 12.8. The van der Waals surface area contributed by atoms with Gasteiger partial charge in [-0.3, -0.25) is 9.69 Å². The number of hydrogen-bond acceptors (Lipinski definition) is 2. The second-order valence-electron chi connectivity index (χ2n) is 3.33. The summed E-state index contributed by atoms with van der Waals surface area (Å²) in [6, 6.07) is 6.27. The molecule has 0 spiro atoms. The van der Waals surface area contributed by atoms with Crippen LogP contribution in [0.5, 0.6) is 0 Å². The van der Waals surface area contributed by atoms with Crippen LogP contribution in [0.2, 0.25) is 5.02 Å². The van der Waals surface area contributed by atoms with E-state index in [-0.39, 0.29) is 19.0 Å². The molecule has 0 saturated carbocycles. The summed E-state index contributed by atoms with van der Waals surface area (Å²) in [6.45, 7) is 0.108. The molecule has 0 unspecified atom stereocenters. The summed E-state index contributed by atoms with van der Waals surface area (Å²) in [5, 5.41) is 11.7. The van der Waals surface area contributed by atoms with Crippen LogP contribution in [-0.4, -0.2) is 30.7 Å². The SMILES string of the molecule is CNC(=O)N(CCC(=O)O)c1ccc(Cl)cc1. The molecule has 0 fully saturated rings. The van der Waals surface area contributed by atoms with Crippen LogP contribution in [0.3, 0.4) is 0 Å². The molecule has 0 saturated heterocycles. The average Bonchev–Trinajstić information content (AvgIpc) is 2.30. The predicted molar refractivity (Wildman–Crippen MR) is 65.5 cm³/mol. The van der Waals surface area contributed by atoms with Gasteiger partial charge in [-0.1, -0.05) is 11.6 Å². The van der Waals surface area contributed by atoms with E-state index in [9.17, 15) is 9.59 Å². The molecule has 0 aliphatic carbocycles. The fourth-order valence-corrected chi connectivity index (χ4v) is 1.44. The van der Waals surface area contributed by atoms with Crippen molar-refractivity contribution < 1.29 is 14.7 Å². The molecule has 0 aromatic heterocycles. The highest BCUT2D eigenvalue weighted by atomic mass is 35.5. The Kier molecular flexibility index (Phi) is 4.78. The summed E-state index contributed by atoms with van der Waals surface area (Å²) in [5.74, 6) is -0.951. The molecule has 6 heteroatoms. The van der Waals surface area contributed by atoms with Crippen molar-refractivity contribution in [2.45, 2.75) is 6.42 Å². The zero-order valence-corrected chi connectivity index (χ0v) is 10.1. The molecule has 0 atom stereocenters. The molecule has 2 amide bonds. The first-order valence-electron chi connectivity index (χ1n) is 5.01. The third-order valence-corrected chi connectivity index (χ3v) is 2.40. The van der Waals surface area contributed by atoms with Crippen LogP contribution in [-0.2, 0) is 4.79 Å². The van der Waals surface area contributed by atoms with Crippen LogP contribution < -0.4 is 10.2 Å². The Morgan fingerprint density at radius 1 is 1.35 bits per heavy atom. The molecule has 92 valence electrons. The van der Waals surface area contributed by atoms with Gasteiger partial charge in [-0.15, -0.1) is 0 Å². The summed E-state index contributed by atoms with van der Waals surface area (Å²) in [5.41, 5.74) is 0.606. The van der Waals surface area contributed by atoms with Gasteiger partial charge in [-0.25, -0.2) is 4.79 Å². The van der Waals surface area contributed by atoms with Crippen molar-refractivity contribution in [2.75, 3.05) is 18.5 Å². The number of nitrogens with one attached hydrogen (secondary N) is 1. The number of carbonyl (C=O) groups excluding carboxylic acids is 1. The summed E-state index contributed by atoms with van der Waals surface area (Å²) >= 11 is 5.74. The third kappa shape index (κ3) is 3.96. The first kappa shape index (κ1) is 13.3. The molecule has 1 rings (SSSR count). The number of carbonyl (C=O) groups is 2. The van der Waals surface area contributed by atoms with Gasteiger partial charge in [0.2, 0.25) is 0 Å². The quantitative estimate of drug-likeness (QED) is 0.865. The van der Waals surface area contributed by atoms with Gasteiger partial charge in [0.15, 0.2) is 0 Å². The first-order chi connectivity index (χ1) is 8.04. The predicted octanol–water partition coefficient (Wildman–Crippen LogP) is 1.96. The van der Waals surface area contributed by atoms with E-state index in [4.69, 9.17) is 16.7 Å². The fraction of sp³-hybridized carbons (Fsp3) is 0.273. The Morgan fingerprint density at radius 3 is 2.41 bits per heavy atom. The van der Waals surface area contributed by atoms with Crippen LogP contribution in [0.25, 0.3) is 0 Å². The number of aliphatic carboxylic acids is 1. The number of urea groups is 1. The number of halogens is 1. The van der Waals surface area contributed by atoms with Gasteiger partial charge < -0.3 is 10.4 Å². The van der Waals surface area contributed by atoms with Gasteiger partial charge in [0.05, 0.1) is 6.42 Å². The molecule has 1 aromatic rings. The molecule has 0 aliphatic rings. The Bertz CT molecular complexity index is 406. The third-order valence-electron chi connectivity index (χ3n) is 2.15. The minimum absolute atomic E-state index is 0.108. The Labute approximate surface area is 104 Å². The lowest BCUT2D eigenvalue weighted by molar-refractivity contribution is -0.136. The minimum Gasteiger partial charge on any atom is -0.481 e. The second kappa shape index (κ2) is 6.10. The van der Waals surface area contributed by atoms with Crippen LogP contribution in [0.1, 0.15) is 6.42 Å². The molecule has 5 nitrogen and oxygen atoms in total. The van der Waals surface area contributed by atoms with E-state index in [1.807, 2.05) is 0 Å². The maximum Gasteiger partial charge on any atom is 0.321 e. The highest BCUT2D eigenvalue weighted by Crippen LogP contribution is 2.18. The smallest absolute Gasteiger partial charge is 0.321 e. The molecule has 0 bridgehead atoms. The number of carboxylic acid groups (broad SMARTS) is 1. The van der Waals surface area contributed by atoms with Gasteiger partial charge in [0.1, 0.15) is 0 Å². The number of nitrogens with zero attached hydrogens (tertiary/aromatic N) is 1. The topological polar surface area (TPSA) is 69.6 Å². The van der Waals surface area contributed by atoms with E-state index < -0.39 is 5.97 Å². The lowest BCUT2D eigenvalue weighted by Crippen LogP contribution is -2.39. The van der Waals surface area contributed by atoms with Gasteiger partial charge in [-0.05, 0) is 24.3 Å². The van der Waals surface area contributed by atoms with E-state index >= 15 is 0 Å². The molecule has 0 heterocycles. The molecule has 2 N–H and O–H groups in total. The largest absolute Gasteiger partial charge is 0.481 e. The first-order valence-corrected chi connectivity index (χ1v) is 5.39. The van der Waals surface area contributed by atoms with Crippen LogP contribution in [0, 0.1) is 0 Å². The van der Waals surface area contributed by atoms with Gasteiger partial charge >= 0.3 is 12.0 Å². The normalized spacial score (nSPS) is 9.76. The summed E-state index contributed by atoms with van der Waals surface area (Å²) < 4.78 is 0. The van der Waals surface area contributed by atoms with E-state index in [0.717, 1.165) is 0 Å². The summed E-state index contributed by atoms with van der Waals surface area (Å²) in [6.07, 6.45) is -0.115. The van der Waals surface area contributed by atoms with Gasteiger partial charge in [0.25, 0.3) is 0 Å². The van der Waals surface area contributed by atoms with Crippen molar-refractivity contribution >= 4 is 29.3 Å². The summed E-state index contributed by atoms with van der Waals surface area (Å²) in [7, 11) is 1.49. The standard InChI is InChI=1S/C11H13ClN2O3/c1-13-11(17)14(7-6-10(15)16)9-4-2-8(12)3-5-9/h2-5H,6-7H2,1H3,(H,13,17)(H,15,16). The number of carboxylic acids is 1. The number of rotatable bonds is 4. The van der Waals surface area contributed by atoms with E-state index in [2.05, 4.69) is 5.32 Å². The van der Waals surface area contributed by atoms with Crippen molar-refractivity contribution in [3.8, 4) is 0 Å². The highest BCUT2D eigenvalue weighted by molar-refractivity contribution is 6.30. The molecular formula is C11H13ClN2O3. The van der Waals surface area contributed by atoms with Crippen molar-refractivity contribution in [3.63, 3.8) is 0 Å².